The third-order valence-corrected chi connectivity index (χ3v) is 10.6. The lowest BCUT2D eigenvalue weighted by atomic mass is 9.92. The van der Waals surface area contributed by atoms with Crippen molar-refractivity contribution >= 4 is 33.1 Å². The molecule has 1 aliphatic carbocycles. The van der Waals surface area contributed by atoms with Gasteiger partial charge in [0.2, 0.25) is 15.9 Å². The van der Waals surface area contributed by atoms with Crippen molar-refractivity contribution in [3.63, 3.8) is 0 Å². The van der Waals surface area contributed by atoms with E-state index in [0.717, 1.165) is 25.9 Å². The third kappa shape index (κ3) is 5.71. The van der Waals surface area contributed by atoms with Gasteiger partial charge in [-0.1, -0.05) is 17.7 Å². The first-order valence-electron chi connectivity index (χ1n) is 14.0. The number of anilines is 2. The molecule has 2 saturated heterocycles. The summed E-state index contributed by atoms with van der Waals surface area (Å²) in [6.07, 6.45) is 4.00. The summed E-state index contributed by atoms with van der Waals surface area (Å²) in [5, 5.41) is 22.8. The van der Waals surface area contributed by atoms with Crippen LogP contribution in [0.1, 0.15) is 54.9 Å². The molecule has 1 aromatic carbocycles. The number of aliphatic hydroxyl groups excluding tert-OH is 1. The lowest BCUT2D eigenvalue weighted by molar-refractivity contribution is -0.0221. The van der Waals surface area contributed by atoms with Crippen LogP contribution in [-0.4, -0.2) is 67.4 Å². The average molecular weight is 623 g/mol. The average Bonchev–Trinajstić information content (AvgIpc) is 3.51. The Morgan fingerprint density at radius 3 is 2.29 bits per heavy atom. The van der Waals surface area contributed by atoms with Crippen molar-refractivity contribution in [2.24, 2.45) is 10.6 Å². The van der Waals surface area contributed by atoms with Gasteiger partial charge in [0.15, 0.2) is 0 Å². The molecule has 3 fully saturated rings. The Hall–Kier alpha value is -2.87. The van der Waals surface area contributed by atoms with E-state index in [-0.39, 0.29) is 43.4 Å². The number of alkyl halides is 2. The molecule has 2 aliphatic heterocycles. The van der Waals surface area contributed by atoms with Crippen molar-refractivity contribution < 1.29 is 26.7 Å². The van der Waals surface area contributed by atoms with Gasteiger partial charge in [-0.25, -0.2) is 27.3 Å². The maximum Gasteiger partial charge on any atom is 0.268 e. The van der Waals surface area contributed by atoms with E-state index < -0.39 is 27.8 Å². The van der Waals surface area contributed by atoms with Crippen molar-refractivity contribution in [2.45, 2.75) is 56.6 Å². The second kappa shape index (κ2) is 10.7. The van der Waals surface area contributed by atoms with Crippen LogP contribution < -0.4 is 14.9 Å². The molecule has 3 aromatic rings. The first-order chi connectivity index (χ1) is 19.9. The summed E-state index contributed by atoms with van der Waals surface area (Å²) in [7, 11) is -4.05. The van der Waals surface area contributed by atoms with Crippen LogP contribution in [0, 0.1) is 12.3 Å². The van der Waals surface area contributed by atoms with Crippen LogP contribution in [-0.2, 0) is 10.0 Å². The van der Waals surface area contributed by atoms with Gasteiger partial charge in [-0.05, 0) is 67.3 Å². The highest BCUT2D eigenvalue weighted by atomic mass is 35.5. The smallest absolute Gasteiger partial charge is 0.268 e. The minimum absolute atomic E-state index is 0.0747. The minimum Gasteiger partial charge on any atom is -0.414 e. The Morgan fingerprint density at radius 1 is 1.02 bits per heavy atom. The number of aromatic nitrogens is 3. The summed E-state index contributed by atoms with van der Waals surface area (Å²) in [5.74, 6) is -1.92. The number of hydrogen-bond acceptors (Lipinski definition) is 9. The van der Waals surface area contributed by atoms with Crippen molar-refractivity contribution in [2.75, 3.05) is 42.6 Å². The number of halogens is 3. The van der Waals surface area contributed by atoms with Gasteiger partial charge in [-0.2, -0.15) is 0 Å². The Labute approximate surface area is 247 Å². The quantitative estimate of drug-likeness (QED) is 0.384. The summed E-state index contributed by atoms with van der Waals surface area (Å²) in [6, 6.07) is 6.76. The van der Waals surface area contributed by atoms with E-state index in [4.69, 9.17) is 21.2 Å². The minimum atomic E-state index is -4.05. The molecular formula is C28H33ClF2N6O4S. The number of piperidine rings is 2. The second-order valence-electron chi connectivity index (χ2n) is 11.7. The van der Waals surface area contributed by atoms with Crippen molar-refractivity contribution in [1.82, 2.24) is 15.2 Å². The van der Waals surface area contributed by atoms with Crippen LogP contribution in [0.25, 0.3) is 23.0 Å². The van der Waals surface area contributed by atoms with Crippen LogP contribution in [0.5, 0.6) is 0 Å². The normalized spacial score (nSPS) is 20.6. The van der Waals surface area contributed by atoms with Crippen molar-refractivity contribution in [3.05, 3.63) is 40.4 Å². The Morgan fingerprint density at radius 2 is 1.67 bits per heavy atom. The highest BCUT2D eigenvalue weighted by molar-refractivity contribution is 7.89. The molecule has 3 aliphatic rings. The lowest BCUT2D eigenvalue weighted by Crippen LogP contribution is -2.39. The number of benzene rings is 1. The Kier molecular flexibility index (Phi) is 7.43. The van der Waals surface area contributed by atoms with Gasteiger partial charge in [0.05, 0.1) is 17.2 Å². The van der Waals surface area contributed by atoms with Crippen LogP contribution in [0.2, 0.25) is 5.02 Å². The van der Waals surface area contributed by atoms with Gasteiger partial charge in [-0.3, -0.25) is 0 Å². The van der Waals surface area contributed by atoms with E-state index in [1.54, 1.807) is 36.1 Å². The maximum atomic E-state index is 13.7. The van der Waals surface area contributed by atoms with Gasteiger partial charge >= 0.3 is 0 Å². The molecule has 1 unspecified atom stereocenters. The third-order valence-electron chi connectivity index (χ3n) is 8.88. The summed E-state index contributed by atoms with van der Waals surface area (Å²) in [6.45, 7) is 3.03. The molecule has 3 N–H and O–H groups in total. The molecule has 2 aromatic heterocycles. The number of aliphatic hydroxyl groups is 1. The number of primary sulfonamides is 1. The van der Waals surface area contributed by atoms with Crippen LogP contribution in [0.4, 0.5) is 20.3 Å². The molecule has 0 amide bonds. The molecule has 4 heterocycles. The van der Waals surface area contributed by atoms with E-state index in [2.05, 4.69) is 20.1 Å². The molecule has 0 bridgehead atoms. The van der Waals surface area contributed by atoms with Crippen LogP contribution >= 0.6 is 11.6 Å². The fraction of sp³-hybridized carbons (Fsp3) is 0.536. The first kappa shape index (κ1) is 29.2. The zero-order chi connectivity index (χ0) is 29.9. The number of aryl methyl sites for hydroxylation is 1. The summed E-state index contributed by atoms with van der Waals surface area (Å²) < 4.78 is 58.0. The Bertz CT molecular complexity index is 1590. The van der Waals surface area contributed by atoms with Gasteiger partial charge in [0.1, 0.15) is 16.8 Å². The molecular weight excluding hydrogens is 590 g/mol. The van der Waals surface area contributed by atoms with E-state index in [1.807, 2.05) is 0 Å². The standard InChI is InChI=1S/C28H33ClF2N6O4S/c1-17-14-22(37-12-8-28(30,31)9-13-37)33-24(23(17)29)26-35-34-25(41-26)19-3-2-18(21(16-38)42(32,39)40)15-20(19)36-10-6-27(4-5-27)7-11-36/h2-3,14-15,21,38H,4-13,16H2,1H3,(H2,32,39,40). The highest BCUT2D eigenvalue weighted by Crippen LogP contribution is 2.54. The predicted molar refractivity (Wildman–Crippen MR) is 155 cm³/mol. The summed E-state index contributed by atoms with van der Waals surface area (Å²) >= 11 is 6.61. The molecule has 42 heavy (non-hydrogen) atoms. The number of pyridine rings is 1. The molecule has 1 atom stereocenters. The number of nitrogens with zero attached hydrogens (tertiary/aromatic N) is 5. The second-order valence-corrected chi connectivity index (χ2v) is 13.9. The van der Waals surface area contributed by atoms with E-state index in [1.165, 1.54) is 12.8 Å². The van der Waals surface area contributed by atoms with Crippen LogP contribution in [0.3, 0.4) is 0 Å². The number of nitrogens with two attached hydrogens (primary N) is 1. The number of sulfonamides is 1. The van der Waals surface area contributed by atoms with Gasteiger partial charge in [0, 0.05) is 44.7 Å². The van der Waals surface area contributed by atoms with E-state index in [0.29, 0.717) is 38.6 Å². The molecule has 14 heteroatoms. The van der Waals surface area contributed by atoms with Gasteiger partial charge < -0.3 is 19.3 Å². The molecule has 1 spiro atoms. The van der Waals surface area contributed by atoms with Gasteiger partial charge in [-0.15, -0.1) is 10.2 Å². The summed E-state index contributed by atoms with van der Waals surface area (Å²) in [4.78, 5) is 8.60. The monoisotopic (exact) mass is 622 g/mol. The molecule has 1 saturated carbocycles. The van der Waals surface area contributed by atoms with E-state index >= 15 is 0 Å². The SMILES string of the molecule is Cc1cc(N2CCC(F)(F)CC2)nc(-c2nnc(-c3ccc(C(CO)S(N)(=O)=O)cc3N3CCC4(CC3)CC4)o2)c1Cl. The maximum absolute atomic E-state index is 13.7. The molecule has 6 rings (SSSR count). The topological polar surface area (TPSA) is 139 Å². The number of rotatable bonds is 7. The molecule has 10 nitrogen and oxygen atoms in total. The molecule has 0 radical (unpaired) electrons. The zero-order valence-electron chi connectivity index (χ0n) is 23.2. The number of hydrogen-bond donors (Lipinski definition) is 2. The van der Waals surface area contributed by atoms with Gasteiger partial charge in [0.25, 0.3) is 11.8 Å². The van der Waals surface area contributed by atoms with Crippen LogP contribution in [0.15, 0.2) is 28.7 Å². The fourth-order valence-corrected chi connectivity index (χ4v) is 6.83. The highest BCUT2D eigenvalue weighted by Gasteiger charge is 2.45. The Balaban J connectivity index is 1.36. The zero-order valence-corrected chi connectivity index (χ0v) is 24.8. The fourth-order valence-electron chi connectivity index (χ4n) is 5.92. The predicted octanol–water partition coefficient (Wildman–Crippen LogP) is 4.70. The van der Waals surface area contributed by atoms with Crippen molar-refractivity contribution in [1.29, 1.82) is 0 Å². The lowest BCUT2D eigenvalue weighted by Gasteiger charge is -2.35. The molecule has 226 valence electrons. The van der Waals surface area contributed by atoms with E-state index in [9.17, 15) is 22.3 Å². The summed E-state index contributed by atoms with van der Waals surface area (Å²) in [5.41, 5.74) is 3.03. The first-order valence-corrected chi connectivity index (χ1v) is 16.0. The van der Waals surface area contributed by atoms with Crippen molar-refractivity contribution in [3.8, 4) is 23.0 Å². The largest absolute Gasteiger partial charge is 0.414 e.